The van der Waals surface area contributed by atoms with Crippen LogP contribution in [0.1, 0.15) is 25.2 Å². The lowest BCUT2D eigenvalue weighted by atomic mass is 10.2. The Morgan fingerprint density at radius 1 is 1.16 bits per heavy atom. The summed E-state index contributed by atoms with van der Waals surface area (Å²) in [4.78, 5) is 17.2. The van der Waals surface area contributed by atoms with E-state index in [0.717, 1.165) is 29.0 Å². The lowest BCUT2D eigenvalue weighted by Gasteiger charge is -2.12. The van der Waals surface area contributed by atoms with Crippen molar-refractivity contribution in [1.29, 1.82) is 0 Å². The molecule has 7 heteroatoms. The first-order valence-electron chi connectivity index (χ1n) is 10.4. The van der Waals surface area contributed by atoms with Crippen LogP contribution in [0, 0.1) is 12.8 Å². The van der Waals surface area contributed by atoms with E-state index in [4.69, 9.17) is 9.72 Å². The Kier molecular flexibility index (Phi) is 6.02. The molecule has 2 heterocycles. The molecular weight excluding hydrogens is 390 g/mol. The number of nitrogens with zero attached hydrogens (tertiary/aromatic N) is 4. The standard InChI is InChI=1S/C24H27N5O2/c1-17(2)14-29-22-10-7-19(13-21(22)27-23(29)15-28-12-4-11-25-28)26-24(30)16-31-20-8-5-18(3)6-9-20/h4-13,17H,14-16H2,1-3H3,(H,26,30). The highest BCUT2D eigenvalue weighted by atomic mass is 16.5. The highest BCUT2D eigenvalue weighted by Crippen LogP contribution is 2.22. The monoisotopic (exact) mass is 417 g/mol. The first-order chi connectivity index (χ1) is 15.0. The average molecular weight is 418 g/mol. The van der Waals surface area contributed by atoms with Crippen LogP contribution in [-0.4, -0.2) is 31.8 Å². The molecule has 0 bridgehead atoms. The number of fused-ring (bicyclic) bond motifs is 1. The number of imidazole rings is 1. The number of aryl methyl sites for hydroxylation is 1. The summed E-state index contributed by atoms with van der Waals surface area (Å²) >= 11 is 0. The van der Waals surface area contributed by atoms with Crippen molar-refractivity contribution in [3.05, 3.63) is 72.3 Å². The third kappa shape index (κ3) is 5.12. The van der Waals surface area contributed by atoms with Crippen molar-refractivity contribution in [3.63, 3.8) is 0 Å². The van der Waals surface area contributed by atoms with E-state index in [1.54, 1.807) is 6.20 Å². The second-order valence-corrected chi connectivity index (χ2v) is 8.09. The van der Waals surface area contributed by atoms with Crippen molar-refractivity contribution in [2.24, 2.45) is 5.92 Å². The van der Waals surface area contributed by atoms with E-state index in [1.807, 2.05) is 66.3 Å². The van der Waals surface area contributed by atoms with E-state index in [0.29, 0.717) is 23.9 Å². The van der Waals surface area contributed by atoms with E-state index in [2.05, 4.69) is 28.8 Å². The van der Waals surface area contributed by atoms with Gasteiger partial charge in [0.2, 0.25) is 0 Å². The summed E-state index contributed by atoms with van der Waals surface area (Å²) in [6, 6.07) is 15.3. The van der Waals surface area contributed by atoms with Gasteiger partial charge in [-0.1, -0.05) is 31.5 Å². The molecule has 0 aliphatic rings. The number of aromatic nitrogens is 4. The van der Waals surface area contributed by atoms with Gasteiger partial charge in [0, 0.05) is 24.6 Å². The molecular formula is C24H27N5O2. The summed E-state index contributed by atoms with van der Waals surface area (Å²) in [5, 5.41) is 7.20. The molecule has 7 nitrogen and oxygen atoms in total. The van der Waals surface area contributed by atoms with Crippen LogP contribution in [0.15, 0.2) is 60.9 Å². The first kappa shape index (κ1) is 20.7. The van der Waals surface area contributed by atoms with Gasteiger partial charge < -0.3 is 14.6 Å². The fraction of sp³-hybridized carbons (Fsp3) is 0.292. The lowest BCUT2D eigenvalue weighted by molar-refractivity contribution is -0.118. The summed E-state index contributed by atoms with van der Waals surface area (Å²) in [5.41, 5.74) is 3.74. The van der Waals surface area contributed by atoms with Crippen LogP contribution in [0.4, 0.5) is 5.69 Å². The van der Waals surface area contributed by atoms with Crippen LogP contribution in [0.2, 0.25) is 0 Å². The lowest BCUT2D eigenvalue weighted by Crippen LogP contribution is -2.20. The smallest absolute Gasteiger partial charge is 0.262 e. The molecule has 160 valence electrons. The largest absolute Gasteiger partial charge is 0.484 e. The van der Waals surface area contributed by atoms with Crippen molar-refractivity contribution >= 4 is 22.6 Å². The van der Waals surface area contributed by atoms with Gasteiger partial charge in [0.1, 0.15) is 11.6 Å². The number of hydrogen-bond acceptors (Lipinski definition) is 4. The number of carbonyl (C=O) groups excluding carboxylic acids is 1. The molecule has 0 atom stereocenters. The highest BCUT2D eigenvalue weighted by Gasteiger charge is 2.14. The second-order valence-electron chi connectivity index (χ2n) is 8.09. The Balaban J connectivity index is 1.50. The number of ether oxygens (including phenoxy) is 1. The molecule has 0 aliphatic carbocycles. The maximum Gasteiger partial charge on any atom is 0.262 e. The second kappa shape index (κ2) is 9.04. The van der Waals surface area contributed by atoms with Gasteiger partial charge in [0.25, 0.3) is 5.91 Å². The number of carbonyl (C=O) groups is 1. The zero-order valence-corrected chi connectivity index (χ0v) is 18.1. The minimum atomic E-state index is -0.210. The van der Waals surface area contributed by atoms with Crippen molar-refractivity contribution in [1.82, 2.24) is 19.3 Å². The molecule has 4 aromatic rings. The van der Waals surface area contributed by atoms with Gasteiger partial charge in [0.05, 0.1) is 17.6 Å². The number of rotatable bonds is 8. The Hall–Kier alpha value is -3.61. The van der Waals surface area contributed by atoms with Crippen molar-refractivity contribution in [2.75, 3.05) is 11.9 Å². The quantitative estimate of drug-likeness (QED) is 0.465. The number of nitrogens with one attached hydrogen (secondary N) is 1. The topological polar surface area (TPSA) is 74.0 Å². The van der Waals surface area contributed by atoms with Gasteiger partial charge in [0.15, 0.2) is 6.61 Å². The highest BCUT2D eigenvalue weighted by molar-refractivity contribution is 5.94. The summed E-state index contributed by atoms with van der Waals surface area (Å²) in [6.07, 6.45) is 3.69. The molecule has 0 radical (unpaired) electrons. The molecule has 31 heavy (non-hydrogen) atoms. The average Bonchev–Trinajstić information content (AvgIpc) is 3.36. The maximum absolute atomic E-state index is 12.3. The Morgan fingerprint density at radius 3 is 2.68 bits per heavy atom. The van der Waals surface area contributed by atoms with Crippen molar-refractivity contribution in [2.45, 2.75) is 33.9 Å². The zero-order valence-electron chi connectivity index (χ0n) is 18.1. The zero-order chi connectivity index (χ0) is 21.8. The van der Waals surface area contributed by atoms with Gasteiger partial charge in [-0.3, -0.25) is 9.48 Å². The summed E-state index contributed by atoms with van der Waals surface area (Å²) in [5.74, 6) is 1.89. The predicted octanol–water partition coefficient (Wildman–Crippen LogP) is 4.26. The molecule has 0 aliphatic heterocycles. The van der Waals surface area contributed by atoms with Crippen LogP contribution in [0.3, 0.4) is 0 Å². The fourth-order valence-corrected chi connectivity index (χ4v) is 3.47. The molecule has 1 N–H and O–H groups in total. The van der Waals surface area contributed by atoms with Gasteiger partial charge in [-0.05, 0) is 49.2 Å². The van der Waals surface area contributed by atoms with E-state index in [-0.39, 0.29) is 12.5 Å². The van der Waals surface area contributed by atoms with E-state index < -0.39 is 0 Å². The molecule has 0 saturated heterocycles. The van der Waals surface area contributed by atoms with Gasteiger partial charge in [-0.15, -0.1) is 0 Å². The molecule has 0 fully saturated rings. The number of amides is 1. The van der Waals surface area contributed by atoms with Gasteiger partial charge >= 0.3 is 0 Å². The molecule has 0 saturated carbocycles. The van der Waals surface area contributed by atoms with Crippen LogP contribution in [0.25, 0.3) is 11.0 Å². The summed E-state index contributed by atoms with van der Waals surface area (Å²) in [7, 11) is 0. The number of benzene rings is 2. The molecule has 2 aromatic heterocycles. The van der Waals surface area contributed by atoms with Crippen molar-refractivity contribution < 1.29 is 9.53 Å². The molecule has 0 unspecified atom stereocenters. The van der Waals surface area contributed by atoms with Crippen LogP contribution < -0.4 is 10.1 Å². The molecule has 4 rings (SSSR count). The van der Waals surface area contributed by atoms with Gasteiger partial charge in [-0.25, -0.2) is 4.98 Å². The minimum Gasteiger partial charge on any atom is -0.484 e. The fourth-order valence-electron chi connectivity index (χ4n) is 3.47. The maximum atomic E-state index is 12.3. The summed E-state index contributed by atoms with van der Waals surface area (Å²) < 4.78 is 9.66. The van der Waals surface area contributed by atoms with Gasteiger partial charge in [-0.2, -0.15) is 5.10 Å². The third-order valence-corrected chi connectivity index (χ3v) is 4.91. The molecule has 2 aromatic carbocycles. The number of anilines is 1. The Labute approximate surface area is 181 Å². The minimum absolute atomic E-state index is 0.0482. The Bertz CT molecular complexity index is 1160. The molecule has 0 spiro atoms. The summed E-state index contributed by atoms with van der Waals surface area (Å²) in [6.45, 7) is 7.80. The predicted molar refractivity (Wildman–Crippen MR) is 121 cm³/mol. The normalized spacial score (nSPS) is 11.2. The third-order valence-electron chi connectivity index (χ3n) is 4.91. The van der Waals surface area contributed by atoms with E-state index in [9.17, 15) is 4.79 Å². The van der Waals surface area contributed by atoms with Crippen LogP contribution >= 0.6 is 0 Å². The first-order valence-corrected chi connectivity index (χ1v) is 10.4. The SMILES string of the molecule is Cc1ccc(OCC(=O)Nc2ccc3c(c2)nc(Cn2cccn2)n3CC(C)C)cc1. The van der Waals surface area contributed by atoms with Crippen molar-refractivity contribution in [3.8, 4) is 5.75 Å². The van der Waals surface area contributed by atoms with E-state index in [1.165, 1.54) is 0 Å². The number of hydrogen-bond donors (Lipinski definition) is 1. The molecule has 1 amide bonds. The van der Waals surface area contributed by atoms with Crippen LogP contribution in [-0.2, 0) is 17.9 Å². The van der Waals surface area contributed by atoms with E-state index >= 15 is 0 Å². The Morgan fingerprint density at radius 2 is 1.97 bits per heavy atom. The van der Waals surface area contributed by atoms with Crippen LogP contribution in [0.5, 0.6) is 5.75 Å².